The van der Waals surface area contributed by atoms with E-state index in [4.69, 9.17) is 0 Å². The number of aryl methyl sites for hydroxylation is 2. The van der Waals surface area contributed by atoms with Crippen LogP contribution in [0.1, 0.15) is 43.5 Å². The van der Waals surface area contributed by atoms with Gasteiger partial charge in [-0.15, -0.1) is 10.2 Å². The van der Waals surface area contributed by atoms with E-state index in [0.717, 1.165) is 48.6 Å². The van der Waals surface area contributed by atoms with Crippen LogP contribution in [-0.2, 0) is 29.0 Å². The highest BCUT2D eigenvalue weighted by Gasteiger charge is 2.30. The molecule has 1 aromatic heterocycles. The van der Waals surface area contributed by atoms with Gasteiger partial charge in [-0.2, -0.15) is 0 Å². The zero-order valence-corrected chi connectivity index (χ0v) is 15.9. The highest BCUT2D eigenvalue weighted by Crippen LogP contribution is 2.34. The summed E-state index contributed by atoms with van der Waals surface area (Å²) in [6.07, 6.45) is 8.29. The van der Waals surface area contributed by atoms with E-state index in [2.05, 4.69) is 15.5 Å². The third-order valence-electron chi connectivity index (χ3n) is 6.41. The molecule has 0 radical (unpaired) electrons. The van der Waals surface area contributed by atoms with Crippen LogP contribution in [0.15, 0.2) is 24.5 Å². The maximum Gasteiger partial charge on any atom is 0.229 e. The number of fused-ring (bicyclic) bond motifs is 2. The van der Waals surface area contributed by atoms with Gasteiger partial charge in [-0.05, 0) is 55.4 Å². The number of carbonyl (C=O) groups excluding carboxylic acids is 2. The molecule has 1 N–H and O–H groups in total. The van der Waals surface area contributed by atoms with Crippen LogP contribution in [0, 0.1) is 11.8 Å². The molecule has 5 rings (SSSR count). The molecule has 1 unspecified atom stereocenters. The van der Waals surface area contributed by atoms with E-state index in [0.29, 0.717) is 18.9 Å². The monoisotopic (exact) mass is 379 g/mol. The summed E-state index contributed by atoms with van der Waals surface area (Å²) in [5.74, 6) is 1.79. The fourth-order valence-corrected chi connectivity index (χ4v) is 4.49. The molecule has 2 aromatic rings. The Hall–Kier alpha value is -2.70. The maximum atomic E-state index is 12.7. The van der Waals surface area contributed by atoms with Gasteiger partial charge in [0.2, 0.25) is 11.8 Å². The van der Waals surface area contributed by atoms with Crippen LogP contribution in [0.4, 0.5) is 11.4 Å². The lowest BCUT2D eigenvalue weighted by atomic mass is 9.84. The van der Waals surface area contributed by atoms with Crippen molar-refractivity contribution in [3.63, 3.8) is 0 Å². The second-order valence-electron chi connectivity index (χ2n) is 8.27. The van der Waals surface area contributed by atoms with Gasteiger partial charge < -0.3 is 14.8 Å². The van der Waals surface area contributed by atoms with Crippen molar-refractivity contribution in [3.8, 4) is 0 Å². The Bertz CT molecular complexity index is 917. The topological polar surface area (TPSA) is 80.1 Å². The average molecular weight is 379 g/mol. The van der Waals surface area contributed by atoms with Gasteiger partial charge >= 0.3 is 0 Å². The lowest BCUT2D eigenvalue weighted by Gasteiger charge is -2.36. The highest BCUT2D eigenvalue weighted by molar-refractivity contribution is 5.98. The Morgan fingerprint density at radius 2 is 2.07 bits per heavy atom. The standard InChI is InChI=1S/C21H25N5O2/c27-20-9-5-15-10-17(6-7-18(15)26(20)11-14-2-1-3-14)23-21(28)16-4-8-19-24-22-13-25(19)12-16/h6-7,10,13-14,16H,1-5,8-9,11-12H2,(H,23,28). The van der Waals surface area contributed by atoms with E-state index in [9.17, 15) is 9.59 Å². The molecule has 1 atom stereocenters. The van der Waals surface area contributed by atoms with E-state index in [1.165, 1.54) is 19.3 Å². The van der Waals surface area contributed by atoms with E-state index in [1.807, 2.05) is 27.7 Å². The number of benzene rings is 1. The van der Waals surface area contributed by atoms with E-state index < -0.39 is 0 Å². The molecular formula is C21H25N5O2. The smallest absolute Gasteiger partial charge is 0.229 e. The normalized spacial score (nSPS) is 21.6. The Balaban J connectivity index is 1.29. The van der Waals surface area contributed by atoms with E-state index in [-0.39, 0.29) is 17.7 Å². The fraction of sp³-hybridized carbons (Fsp3) is 0.524. The van der Waals surface area contributed by atoms with Crippen molar-refractivity contribution in [2.45, 2.75) is 51.5 Å². The minimum Gasteiger partial charge on any atom is -0.326 e. The Kier molecular flexibility index (Phi) is 4.37. The first-order chi connectivity index (χ1) is 13.7. The van der Waals surface area contributed by atoms with E-state index in [1.54, 1.807) is 6.33 Å². The van der Waals surface area contributed by atoms with Gasteiger partial charge in [0.05, 0.1) is 5.92 Å². The maximum absolute atomic E-state index is 12.7. The summed E-state index contributed by atoms with van der Waals surface area (Å²) in [7, 11) is 0. The number of nitrogens with one attached hydrogen (secondary N) is 1. The van der Waals surface area contributed by atoms with Gasteiger partial charge in [-0.3, -0.25) is 9.59 Å². The van der Waals surface area contributed by atoms with Gasteiger partial charge in [0, 0.05) is 37.3 Å². The molecule has 7 heteroatoms. The zero-order valence-electron chi connectivity index (χ0n) is 15.9. The van der Waals surface area contributed by atoms with Crippen LogP contribution >= 0.6 is 0 Å². The molecule has 3 heterocycles. The molecule has 3 aliphatic rings. The van der Waals surface area contributed by atoms with Gasteiger partial charge in [-0.1, -0.05) is 6.42 Å². The number of hydrogen-bond acceptors (Lipinski definition) is 4. The summed E-state index contributed by atoms with van der Waals surface area (Å²) in [5.41, 5.74) is 2.99. The van der Waals surface area contributed by atoms with Crippen LogP contribution < -0.4 is 10.2 Å². The summed E-state index contributed by atoms with van der Waals surface area (Å²) in [4.78, 5) is 27.1. The summed E-state index contributed by atoms with van der Waals surface area (Å²) >= 11 is 0. The van der Waals surface area contributed by atoms with Crippen LogP contribution in [-0.4, -0.2) is 33.1 Å². The Morgan fingerprint density at radius 3 is 2.89 bits per heavy atom. The third kappa shape index (κ3) is 3.19. The van der Waals surface area contributed by atoms with Crippen molar-refractivity contribution in [3.05, 3.63) is 35.9 Å². The predicted octanol–water partition coefficient (Wildman–Crippen LogP) is 2.56. The number of nitrogens with zero attached hydrogens (tertiary/aromatic N) is 4. The number of carbonyl (C=O) groups is 2. The quantitative estimate of drug-likeness (QED) is 0.885. The number of rotatable bonds is 4. The first kappa shape index (κ1) is 17.4. The summed E-state index contributed by atoms with van der Waals surface area (Å²) < 4.78 is 1.96. The number of aromatic nitrogens is 3. The van der Waals surface area contributed by atoms with Crippen LogP contribution in [0.5, 0.6) is 0 Å². The van der Waals surface area contributed by atoms with Crippen LogP contribution in [0.3, 0.4) is 0 Å². The molecule has 0 spiro atoms. The SMILES string of the molecule is O=C(Nc1ccc2c(c1)CCC(=O)N2CC1CCC1)C1CCc2nncn2C1. The Labute approximate surface area is 164 Å². The molecule has 146 valence electrons. The molecule has 28 heavy (non-hydrogen) atoms. The van der Waals surface area contributed by atoms with Gasteiger partial charge in [-0.25, -0.2) is 0 Å². The minimum absolute atomic E-state index is 0.0394. The van der Waals surface area contributed by atoms with E-state index >= 15 is 0 Å². The molecule has 7 nitrogen and oxygen atoms in total. The highest BCUT2D eigenvalue weighted by atomic mass is 16.2. The molecule has 0 saturated heterocycles. The van der Waals surface area contributed by atoms with Crippen molar-refractivity contribution < 1.29 is 9.59 Å². The lowest BCUT2D eigenvalue weighted by molar-refractivity contribution is -0.121. The van der Waals surface area contributed by atoms with Crippen molar-refractivity contribution >= 4 is 23.2 Å². The van der Waals surface area contributed by atoms with Gasteiger partial charge in [0.25, 0.3) is 0 Å². The molecule has 1 aliphatic carbocycles. The van der Waals surface area contributed by atoms with Gasteiger partial charge in [0.1, 0.15) is 12.2 Å². The first-order valence-corrected chi connectivity index (χ1v) is 10.3. The molecule has 0 bridgehead atoms. The average Bonchev–Trinajstić information content (AvgIpc) is 3.13. The molecule has 1 aromatic carbocycles. The van der Waals surface area contributed by atoms with Crippen molar-refractivity contribution in [2.75, 3.05) is 16.8 Å². The minimum atomic E-state index is -0.0729. The summed E-state index contributed by atoms with van der Waals surface area (Å²) in [6.45, 7) is 1.46. The molecule has 2 aliphatic heterocycles. The summed E-state index contributed by atoms with van der Waals surface area (Å²) in [5, 5.41) is 11.1. The van der Waals surface area contributed by atoms with Crippen LogP contribution in [0.2, 0.25) is 0 Å². The third-order valence-corrected chi connectivity index (χ3v) is 6.41. The van der Waals surface area contributed by atoms with Crippen molar-refractivity contribution in [1.29, 1.82) is 0 Å². The predicted molar refractivity (Wildman–Crippen MR) is 105 cm³/mol. The molecular weight excluding hydrogens is 354 g/mol. The molecule has 1 saturated carbocycles. The second-order valence-corrected chi connectivity index (χ2v) is 8.27. The van der Waals surface area contributed by atoms with Gasteiger partial charge in [0.15, 0.2) is 0 Å². The zero-order chi connectivity index (χ0) is 19.1. The van der Waals surface area contributed by atoms with Crippen molar-refractivity contribution in [2.24, 2.45) is 11.8 Å². The second kappa shape index (κ2) is 7.04. The molecule has 1 fully saturated rings. The number of hydrogen-bond donors (Lipinski definition) is 1. The number of anilines is 2. The largest absolute Gasteiger partial charge is 0.326 e. The van der Waals surface area contributed by atoms with Crippen molar-refractivity contribution in [1.82, 2.24) is 14.8 Å². The fourth-order valence-electron chi connectivity index (χ4n) is 4.49. The first-order valence-electron chi connectivity index (χ1n) is 10.3. The summed E-state index contributed by atoms with van der Waals surface area (Å²) in [6, 6.07) is 5.97. The van der Waals surface area contributed by atoms with Crippen LogP contribution in [0.25, 0.3) is 0 Å². The Morgan fingerprint density at radius 1 is 1.18 bits per heavy atom. The lowest BCUT2D eigenvalue weighted by Crippen LogP contribution is -2.40. The number of amides is 2. The molecule has 2 amide bonds.